The topological polar surface area (TPSA) is 50.3 Å². The second kappa shape index (κ2) is 5.52. The zero-order chi connectivity index (χ0) is 16.0. The molecule has 0 spiro atoms. The van der Waals surface area contributed by atoms with E-state index in [0.29, 0.717) is 6.04 Å². The van der Waals surface area contributed by atoms with Gasteiger partial charge >= 0.3 is 0 Å². The molecule has 0 radical (unpaired) electrons. The Morgan fingerprint density at radius 3 is 2.50 bits per heavy atom. The van der Waals surface area contributed by atoms with Gasteiger partial charge in [-0.3, -0.25) is 0 Å². The van der Waals surface area contributed by atoms with Gasteiger partial charge in [0.2, 0.25) is 0 Å². The van der Waals surface area contributed by atoms with E-state index >= 15 is 0 Å². The van der Waals surface area contributed by atoms with Crippen molar-refractivity contribution in [3.63, 3.8) is 0 Å². The zero-order valence-electron chi connectivity index (χ0n) is 13.7. The first-order chi connectivity index (χ1) is 10.3. The Hall–Kier alpha value is -1.10. The average molecular weight is 322 g/mol. The van der Waals surface area contributed by atoms with Crippen molar-refractivity contribution < 1.29 is 8.42 Å². The first kappa shape index (κ1) is 15.8. The van der Waals surface area contributed by atoms with Crippen molar-refractivity contribution in [2.24, 2.45) is 5.92 Å². The summed E-state index contributed by atoms with van der Waals surface area (Å²) in [7, 11) is -3.37. The zero-order valence-corrected chi connectivity index (χ0v) is 14.6. The number of nitrogens with zero attached hydrogens (tertiary/aromatic N) is 2. The largest absolute Gasteiger partial charge is 0.367 e. The van der Waals surface area contributed by atoms with Crippen molar-refractivity contribution in [3.8, 4) is 0 Å². The van der Waals surface area contributed by atoms with E-state index in [2.05, 4.69) is 9.88 Å². The molecular formula is C17H26N2O2S. The highest BCUT2D eigenvalue weighted by molar-refractivity contribution is 7.92. The maximum absolute atomic E-state index is 12.4. The second-order valence-electron chi connectivity index (χ2n) is 7.56. The number of sulfone groups is 1. The summed E-state index contributed by atoms with van der Waals surface area (Å²) < 4.78 is 24.1. The average Bonchev–Trinajstić information content (AvgIpc) is 2.90. The number of anilines is 1. The summed E-state index contributed by atoms with van der Waals surface area (Å²) in [6.45, 7) is 6.21. The van der Waals surface area contributed by atoms with Crippen LogP contribution in [0, 0.1) is 5.92 Å². The molecule has 2 fully saturated rings. The quantitative estimate of drug-likeness (QED) is 0.837. The predicted molar refractivity (Wildman–Crippen MR) is 88.9 cm³/mol. The number of aromatic nitrogens is 1. The fourth-order valence-electron chi connectivity index (χ4n) is 3.74. The Labute approximate surface area is 133 Å². The normalized spacial score (nSPS) is 26.0. The van der Waals surface area contributed by atoms with E-state index in [1.54, 1.807) is 33.0 Å². The predicted octanol–water partition coefficient (Wildman–Crippen LogP) is 3.42. The number of fused-ring (bicyclic) bond motifs is 1. The summed E-state index contributed by atoms with van der Waals surface area (Å²) in [6.07, 6.45) is 8.26. The van der Waals surface area contributed by atoms with E-state index < -0.39 is 14.6 Å². The van der Waals surface area contributed by atoms with Gasteiger partial charge in [0.15, 0.2) is 14.9 Å². The minimum atomic E-state index is -3.37. The van der Waals surface area contributed by atoms with Crippen LogP contribution in [0.5, 0.6) is 0 Å². The Kier molecular flexibility index (Phi) is 3.96. The number of hydrogen-bond acceptors (Lipinski definition) is 4. The van der Waals surface area contributed by atoms with E-state index in [4.69, 9.17) is 0 Å². The Morgan fingerprint density at radius 1 is 1.14 bits per heavy atom. The maximum atomic E-state index is 12.4. The third kappa shape index (κ3) is 2.64. The van der Waals surface area contributed by atoms with Crippen LogP contribution in [0.3, 0.4) is 0 Å². The van der Waals surface area contributed by atoms with Gasteiger partial charge in [0, 0.05) is 12.6 Å². The molecule has 0 bridgehead atoms. The van der Waals surface area contributed by atoms with Crippen LogP contribution < -0.4 is 4.90 Å². The van der Waals surface area contributed by atoms with Gasteiger partial charge in [0.1, 0.15) is 0 Å². The highest BCUT2D eigenvalue weighted by Gasteiger charge is 2.36. The molecule has 3 rings (SSSR count). The smallest absolute Gasteiger partial charge is 0.200 e. The van der Waals surface area contributed by atoms with E-state index in [0.717, 1.165) is 18.2 Å². The Bertz CT molecular complexity index is 632. The Morgan fingerprint density at radius 2 is 1.86 bits per heavy atom. The molecule has 2 atom stereocenters. The van der Waals surface area contributed by atoms with E-state index in [1.165, 1.54) is 32.1 Å². The Balaban J connectivity index is 1.83. The van der Waals surface area contributed by atoms with E-state index in [-0.39, 0.29) is 5.03 Å². The molecule has 4 nitrogen and oxygen atoms in total. The lowest BCUT2D eigenvalue weighted by Crippen LogP contribution is -2.35. The van der Waals surface area contributed by atoms with Crippen molar-refractivity contribution in [1.82, 2.24) is 4.98 Å². The number of hydrogen-bond donors (Lipinski definition) is 0. The summed E-state index contributed by atoms with van der Waals surface area (Å²) in [6, 6.07) is 4.23. The van der Waals surface area contributed by atoms with Gasteiger partial charge in [0.25, 0.3) is 0 Å². The maximum Gasteiger partial charge on any atom is 0.200 e. The molecule has 5 heteroatoms. The summed E-state index contributed by atoms with van der Waals surface area (Å²) in [5.74, 6) is 0.812. The molecule has 1 aliphatic heterocycles. The second-order valence-corrected chi connectivity index (χ2v) is 10.2. The molecule has 0 amide bonds. The highest BCUT2D eigenvalue weighted by Crippen LogP contribution is 2.38. The van der Waals surface area contributed by atoms with E-state index in [9.17, 15) is 8.42 Å². The molecule has 1 saturated heterocycles. The van der Waals surface area contributed by atoms with Crippen LogP contribution in [-0.2, 0) is 9.84 Å². The molecule has 1 aromatic rings. The van der Waals surface area contributed by atoms with Crippen molar-refractivity contribution >= 4 is 15.5 Å². The number of pyridine rings is 1. The monoisotopic (exact) mass is 322 g/mol. The van der Waals surface area contributed by atoms with Crippen LogP contribution in [0.4, 0.5) is 5.69 Å². The lowest BCUT2D eigenvalue weighted by Gasteiger charge is -2.33. The van der Waals surface area contributed by atoms with Crippen LogP contribution in [0.25, 0.3) is 0 Å². The molecule has 0 N–H and O–H groups in total. The van der Waals surface area contributed by atoms with Crippen molar-refractivity contribution in [3.05, 3.63) is 18.3 Å². The van der Waals surface area contributed by atoms with Crippen LogP contribution in [-0.4, -0.2) is 30.7 Å². The molecule has 22 heavy (non-hydrogen) atoms. The molecule has 1 aliphatic carbocycles. The third-order valence-electron chi connectivity index (χ3n) is 5.14. The van der Waals surface area contributed by atoms with Crippen molar-refractivity contribution in [2.75, 3.05) is 11.4 Å². The summed E-state index contributed by atoms with van der Waals surface area (Å²) in [5, 5.41) is 0.183. The van der Waals surface area contributed by atoms with Gasteiger partial charge in [-0.05, 0) is 58.1 Å². The molecule has 1 saturated carbocycles. The first-order valence-electron chi connectivity index (χ1n) is 8.28. The summed E-state index contributed by atoms with van der Waals surface area (Å²) in [5.41, 5.74) is 1.07. The summed E-state index contributed by atoms with van der Waals surface area (Å²) in [4.78, 5) is 6.70. The van der Waals surface area contributed by atoms with E-state index in [1.807, 2.05) is 6.07 Å². The van der Waals surface area contributed by atoms with Gasteiger partial charge in [0.05, 0.1) is 16.6 Å². The van der Waals surface area contributed by atoms with Crippen molar-refractivity contribution in [1.29, 1.82) is 0 Å². The standard InChI is InChI=1S/C17H26N2O2S/c1-17(2,3)22(20,21)16-9-8-14(12-18-16)19-11-10-13-6-4-5-7-15(13)19/h8-9,12-13,15H,4-7,10-11H2,1-3H3. The minimum absolute atomic E-state index is 0.183. The van der Waals surface area contributed by atoms with Crippen LogP contribution in [0.2, 0.25) is 0 Å². The van der Waals surface area contributed by atoms with Gasteiger partial charge in [-0.1, -0.05) is 12.8 Å². The molecule has 122 valence electrons. The van der Waals surface area contributed by atoms with Gasteiger partial charge in [-0.15, -0.1) is 0 Å². The molecule has 1 aromatic heterocycles. The fourth-order valence-corrected chi connectivity index (χ4v) is 4.81. The lowest BCUT2D eigenvalue weighted by molar-refractivity contribution is 0.342. The van der Waals surface area contributed by atoms with Gasteiger partial charge < -0.3 is 4.90 Å². The third-order valence-corrected chi connectivity index (χ3v) is 7.55. The lowest BCUT2D eigenvalue weighted by atomic mass is 9.85. The molecule has 2 heterocycles. The number of rotatable bonds is 2. The van der Waals surface area contributed by atoms with Crippen molar-refractivity contribution in [2.45, 2.75) is 68.7 Å². The minimum Gasteiger partial charge on any atom is -0.367 e. The van der Waals surface area contributed by atoms with Gasteiger partial charge in [-0.25, -0.2) is 13.4 Å². The fraction of sp³-hybridized carbons (Fsp3) is 0.706. The van der Waals surface area contributed by atoms with Gasteiger partial charge in [-0.2, -0.15) is 0 Å². The molecule has 2 aliphatic rings. The van der Waals surface area contributed by atoms with Crippen LogP contribution in [0.15, 0.2) is 23.4 Å². The summed E-state index contributed by atoms with van der Waals surface area (Å²) >= 11 is 0. The molecule has 2 unspecified atom stereocenters. The van der Waals surface area contributed by atoms with Crippen LogP contribution in [0.1, 0.15) is 52.9 Å². The molecular weight excluding hydrogens is 296 g/mol. The SMILES string of the molecule is CC(C)(C)S(=O)(=O)c1ccc(N2CCC3CCCCC32)cn1. The van der Waals surface area contributed by atoms with Crippen LogP contribution >= 0.6 is 0 Å². The molecule has 0 aromatic carbocycles. The highest BCUT2D eigenvalue weighted by atomic mass is 32.2. The first-order valence-corrected chi connectivity index (χ1v) is 9.76.